The van der Waals surface area contributed by atoms with E-state index < -0.39 is 0 Å². The average molecular weight is 368 g/mol. The summed E-state index contributed by atoms with van der Waals surface area (Å²) < 4.78 is 14.5. The van der Waals surface area contributed by atoms with Gasteiger partial charge in [-0.3, -0.25) is 10.2 Å². The van der Waals surface area contributed by atoms with Crippen LogP contribution in [0.4, 0.5) is 15.8 Å². The minimum Gasteiger partial charge on any atom is -0.326 e. The number of amidine groups is 1. The van der Waals surface area contributed by atoms with Crippen molar-refractivity contribution >= 4 is 39.9 Å². The lowest BCUT2D eigenvalue weighted by molar-refractivity contribution is -0.116. The molecule has 1 amide bonds. The smallest absolute Gasteiger partial charge is 0.224 e. The maximum Gasteiger partial charge on any atom is 0.224 e. The number of thioether (sulfide) groups is 1. The summed E-state index contributed by atoms with van der Waals surface area (Å²) in [5.74, 6) is 0.0691. The Morgan fingerprint density at radius 2 is 2.00 bits per heavy atom. The quantitative estimate of drug-likeness (QED) is 0.848. The highest BCUT2D eigenvalue weighted by molar-refractivity contribution is 8.14. The number of nitrogens with one attached hydrogen (secondary N) is 2. The molecule has 2 aliphatic heterocycles. The van der Waals surface area contributed by atoms with Crippen molar-refractivity contribution in [3.05, 3.63) is 58.9 Å². The zero-order chi connectivity index (χ0) is 18.1. The van der Waals surface area contributed by atoms with Crippen molar-refractivity contribution in [1.29, 1.82) is 0 Å². The normalized spacial score (nSPS) is 18.0. The SMILES string of the molecule is Cc1ccc(N=C2NN=C(c3cc4c(cc3F)NC(=O)CC4)CS2)cc1. The molecule has 0 aliphatic carbocycles. The number of rotatable bonds is 2. The van der Waals surface area contributed by atoms with Crippen LogP contribution in [0.2, 0.25) is 0 Å². The van der Waals surface area contributed by atoms with E-state index in [1.807, 2.05) is 31.2 Å². The second-order valence-electron chi connectivity index (χ2n) is 6.25. The number of aliphatic imine (C=N–C) groups is 1. The van der Waals surface area contributed by atoms with Gasteiger partial charge in [0.25, 0.3) is 0 Å². The number of hydrazone groups is 1. The number of carbonyl (C=O) groups is 1. The van der Waals surface area contributed by atoms with Crippen LogP contribution in [0.1, 0.15) is 23.1 Å². The Morgan fingerprint density at radius 3 is 2.73 bits per heavy atom. The van der Waals surface area contributed by atoms with Crippen molar-refractivity contribution in [1.82, 2.24) is 5.43 Å². The zero-order valence-corrected chi connectivity index (χ0v) is 15.0. The van der Waals surface area contributed by atoms with Gasteiger partial charge < -0.3 is 5.32 Å². The average Bonchev–Trinajstić information content (AvgIpc) is 2.64. The van der Waals surface area contributed by atoms with Gasteiger partial charge in [-0.15, -0.1) is 0 Å². The molecule has 0 saturated heterocycles. The molecule has 2 aromatic carbocycles. The van der Waals surface area contributed by atoms with Crippen LogP contribution in [-0.4, -0.2) is 22.5 Å². The van der Waals surface area contributed by atoms with Crippen LogP contribution >= 0.6 is 11.8 Å². The minimum atomic E-state index is -0.383. The molecule has 0 spiro atoms. The van der Waals surface area contributed by atoms with Crippen LogP contribution in [0.3, 0.4) is 0 Å². The molecule has 7 heteroatoms. The van der Waals surface area contributed by atoms with Crippen LogP contribution in [0.25, 0.3) is 0 Å². The van der Waals surface area contributed by atoms with E-state index in [1.54, 1.807) is 6.07 Å². The fourth-order valence-electron chi connectivity index (χ4n) is 2.87. The first-order valence-electron chi connectivity index (χ1n) is 8.32. The number of benzene rings is 2. The van der Waals surface area contributed by atoms with Gasteiger partial charge in [-0.1, -0.05) is 29.5 Å². The fourth-order valence-corrected chi connectivity index (χ4v) is 3.65. The first-order valence-corrected chi connectivity index (χ1v) is 9.30. The number of hydrogen-bond acceptors (Lipinski definition) is 4. The van der Waals surface area contributed by atoms with Gasteiger partial charge in [0.2, 0.25) is 5.91 Å². The summed E-state index contributed by atoms with van der Waals surface area (Å²) in [6.45, 7) is 2.03. The van der Waals surface area contributed by atoms with Gasteiger partial charge in [0.05, 0.1) is 11.4 Å². The molecule has 2 N–H and O–H groups in total. The van der Waals surface area contributed by atoms with Crippen LogP contribution < -0.4 is 10.7 Å². The first-order chi connectivity index (χ1) is 12.6. The van der Waals surface area contributed by atoms with Crippen LogP contribution in [0, 0.1) is 12.7 Å². The Hall–Kier alpha value is -2.67. The van der Waals surface area contributed by atoms with Crippen molar-refractivity contribution in [3.8, 4) is 0 Å². The van der Waals surface area contributed by atoms with E-state index in [4.69, 9.17) is 0 Å². The van der Waals surface area contributed by atoms with Gasteiger partial charge in [-0.2, -0.15) is 5.10 Å². The molecule has 0 fully saturated rings. The predicted molar refractivity (Wildman–Crippen MR) is 104 cm³/mol. The summed E-state index contributed by atoms with van der Waals surface area (Å²) in [7, 11) is 0. The van der Waals surface area contributed by atoms with E-state index in [0.29, 0.717) is 40.7 Å². The molecule has 0 aromatic heterocycles. The lowest BCUT2D eigenvalue weighted by atomic mass is 9.98. The van der Waals surface area contributed by atoms with Gasteiger partial charge in [-0.05, 0) is 43.2 Å². The molecule has 0 radical (unpaired) electrons. The number of nitrogens with zero attached hydrogens (tertiary/aromatic N) is 2. The lowest BCUT2D eigenvalue weighted by Crippen LogP contribution is -2.26. The third-order valence-electron chi connectivity index (χ3n) is 4.30. The molecule has 132 valence electrons. The number of fused-ring (bicyclic) bond motifs is 1. The van der Waals surface area contributed by atoms with Gasteiger partial charge in [0.15, 0.2) is 5.17 Å². The summed E-state index contributed by atoms with van der Waals surface area (Å²) in [5.41, 5.74) is 7.53. The Bertz CT molecular complexity index is 937. The number of anilines is 1. The fraction of sp³-hybridized carbons (Fsp3) is 0.211. The summed E-state index contributed by atoms with van der Waals surface area (Å²) in [6.07, 6.45) is 1.04. The van der Waals surface area contributed by atoms with Gasteiger partial charge in [0.1, 0.15) is 5.82 Å². The maximum absolute atomic E-state index is 14.5. The molecule has 26 heavy (non-hydrogen) atoms. The Balaban J connectivity index is 1.56. The Kier molecular flexibility index (Phi) is 4.46. The summed E-state index contributed by atoms with van der Waals surface area (Å²) in [6, 6.07) is 11.1. The third-order valence-corrected chi connectivity index (χ3v) is 5.17. The lowest BCUT2D eigenvalue weighted by Gasteiger charge is -2.20. The molecule has 2 heterocycles. The van der Waals surface area contributed by atoms with Gasteiger partial charge in [-0.25, -0.2) is 9.38 Å². The molecular weight excluding hydrogens is 351 g/mol. The molecule has 0 unspecified atom stereocenters. The van der Waals surface area contributed by atoms with E-state index in [0.717, 1.165) is 11.3 Å². The zero-order valence-electron chi connectivity index (χ0n) is 14.2. The molecule has 0 bridgehead atoms. The highest BCUT2D eigenvalue weighted by Crippen LogP contribution is 2.28. The molecule has 0 saturated carbocycles. The van der Waals surface area contributed by atoms with Crippen LogP contribution in [-0.2, 0) is 11.2 Å². The first kappa shape index (κ1) is 16.8. The Labute approximate surface area is 154 Å². The van der Waals surface area contributed by atoms with Gasteiger partial charge in [0, 0.05) is 23.4 Å². The second-order valence-corrected chi connectivity index (χ2v) is 7.21. The number of halogens is 1. The third kappa shape index (κ3) is 3.48. The maximum atomic E-state index is 14.5. The van der Waals surface area contributed by atoms with Crippen LogP contribution in [0.5, 0.6) is 0 Å². The van der Waals surface area contributed by atoms with Crippen molar-refractivity contribution in [2.45, 2.75) is 19.8 Å². The molecular formula is C19H17FN4OS. The molecule has 0 atom stereocenters. The number of hydrogen-bond donors (Lipinski definition) is 2. The standard InChI is InChI=1S/C19H17FN4OS/c1-11-2-5-13(6-3-11)21-19-24-23-17(10-26-19)14-8-12-4-7-18(25)22-16(12)9-15(14)20/h2-3,5-6,8-9H,4,7,10H2,1H3,(H,21,24)(H,22,25). The second kappa shape index (κ2) is 6.92. The van der Waals surface area contributed by atoms with Crippen molar-refractivity contribution in [3.63, 3.8) is 0 Å². The molecule has 2 aliphatic rings. The van der Waals surface area contributed by atoms with Gasteiger partial charge >= 0.3 is 0 Å². The van der Waals surface area contributed by atoms with Crippen molar-refractivity contribution < 1.29 is 9.18 Å². The molecule has 4 rings (SSSR count). The monoisotopic (exact) mass is 368 g/mol. The van der Waals surface area contributed by atoms with E-state index in [1.165, 1.54) is 23.4 Å². The van der Waals surface area contributed by atoms with E-state index in [9.17, 15) is 9.18 Å². The van der Waals surface area contributed by atoms with Crippen LogP contribution in [0.15, 0.2) is 46.5 Å². The number of amides is 1. The molecule has 2 aromatic rings. The Morgan fingerprint density at radius 1 is 1.19 bits per heavy atom. The van der Waals surface area contributed by atoms with E-state index in [-0.39, 0.29) is 11.7 Å². The van der Waals surface area contributed by atoms with Crippen molar-refractivity contribution in [2.24, 2.45) is 10.1 Å². The highest BCUT2D eigenvalue weighted by Gasteiger charge is 2.21. The summed E-state index contributed by atoms with van der Waals surface area (Å²) in [4.78, 5) is 16.0. The summed E-state index contributed by atoms with van der Waals surface area (Å²) >= 11 is 1.48. The van der Waals surface area contributed by atoms with E-state index >= 15 is 0 Å². The topological polar surface area (TPSA) is 65.8 Å². The number of carbonyl (C=O) groups excluding carboxylic acids is 1. The molecule has 5 nitrogen and oxygen atoms in total. The summed E-state index contributed by atoms with van der Waals surface area (Å²) in [5, 5.41) is 7.70. The van der Waals surface area contributed by atoms with E-state index in [2.05, 4.69) is 20.8 Å². The largest absolute Gasteiger partial charge is 0.326 e. The van der Waals surface area contributed by atoms with Crippen molar-refractivity contribution in [2.75, 3.05) is 11.1 Å². The predicted octanol–water partition coefficient (Wildman–Crippen LogP) is 3.75. The minimum absolute atomic E-state index is 0.0751. The number of aryl methyl sites for hydroxylation is 2. The highest BCUT2D eigenvalue weighted by atomic mass is 32.2.